The van der Waals surface area contributed by atoms with Gasteiger partial charge in [-0.25, -0.2) is 9.59 Å². The summed E-state index contributed by atoms with van der Waals surface area (Å²) in [5.74, 6) is -0.205. The molecule has 5 nitrogen and oxygen atoms in total. The van der Waals surface area contributed by atoms with E-state index < -0.39 is 18.1 Å². The third-order valence-corrected chi connectivity index (χ3v) is 2.70. The SMILES string of the molecule is COC(=O)C(CC(C)C)NC(=O)OCc1ccccc1. The first-order valence-electron chi connectivity index (χ1n) is 6.58. The zero-order valence-electron chi connectivity index (χ0n) is 12.1. The van der Waals surface area contributed by atoms with E-state index in [1.165, 1.54) is 7.11 Å². The van der Waals surface area contributed by atoms with Crippen LogP contribution in [0.25, 0.3) is 0 Å². The molecule has 1 unspecified atom stereocenters. The van der Waals surface area contributed by atoms with Gasteiger partial charge in [-0.3, -0.25) is 0 Å². The minimum Gasteiger partial charge on any atom is -0.467 e. The maximum absolute atomic E-state index is 11.7. The number of carbonyl (C=O) groups is 2. The number of hydrogen-bond acceptors (Lipinski definition) is 4. The Bertz CT molecular complexity index is 431. The van der Waals surface area contributed by atoms with Crippen molar-refractivity contribution in [3.05, 3.63) is 35.9 Å². The number of rotatable bonds is 6. The van der Waals surface area contributed by atoms with Gasteiger partial charge in [0.05, 0.1) is 7.11 Å². The average Bonchev–Trinajstić information content (AvgIpc) is 2.44. The summed E-state index contributed by atoms with van der Waals surface area (Å²) >= 11 is 0. The number of ether oxygens (including phenoxy) is 2. The molecule has 1 atom stereocenters. The molecular formula is C15H21NO4. The van der Waals surface area contributed by atoms with Gasteiger partial charge in [-0.05, 0) is 17.9 Å². The van der Waals surface area contributed by atoms with Crippen molar-refractivity contribution >= 4 is 12.1 Å². The van der Waals surface area contributed by atoms with E-state index in [2.05, 4.69) is 10.1 Å². The molecule has 0 fully saturated rings. The molecule has 0 heterocycles. The lowest BCUT2D eigenvalue weighted by Crippen LogP contribution is -2.42. The van der Waals surface area contributed by atoms with Crippen molar-refractivity contribution in [3.8, 4) is 0 Å². The molecule has 0 saturated heterocycles. The molecule has 0 aromatic heterocycles. The van der Waals surface area contributed by atoms with Crippen LogP contribution in [0.5, 0.6) is 0 Å². The second-order valence-electron chi connectivity index (χ2n) is 4.91. The minimum atomic E-state index is -0.678. The van der Waals surface area contributed by atoms with E-state index in [1.54, 1.807) is 0 Å². The van der Waals surface area contributed by atoms with Crippen molar-refractivity contribution in [1.82, 2.24) is 5.32 Å². The predicted octanol–water partition coefficient (Wildman–Crippen LogP) is 2.50. The Kier molecular flexibility index (Phi) is 6.56. The van der Waals surface area contributed by atoms with Gasteiger partial charge in [0, 0.05) is 0 Å². The second-order valence-corrected chi connectivity index (χ2v) is 4.91. The van der Waals surface area contributed by atoms with E-state index in [-0.39, 0.29) is 12.5 Å². The molecule has 0 bridgehead atoms. The van der Waals surface area contributed by atoms with Crippen LogP contribution in [0.15, 0.2) is 30.3 Å². The number of carbonyl (C=O) groups excluding carboxylic acids is 2. The molecular weight excluding hydrogens is 258 g/mol. The Morgan fingerprint density at radius 2 is 1.85 bits per heavy atom. The smallest absolute Gasteiger partial charge is 0.408 e. The third kappa shape index (κ3) is 5.73. The fourth-order valence-corrected chi connectivity index (χ4v) is 1.73. The molecule has 20 heavy (non-hydrogen) atoms. The zero-order valence-corrected chi connectivity index (χ0v) is 12.1. The monoisotopic (exact) mass is 279 g/mol. The van der Waals surface area contributed by atoms with Crippen LogP contribution in [-0.4, -0.2) is 25.2 Å². The highest BCUT2D eigenvalue weighted by molar-refractivity contribution is 5.81. The summed E-state index contributed by atoms with van der Waals surface area (Å²) in [4.78, 5) is 23.3. The number of benzene rings is 1. The van der Waals surface area contributed by atoms with E-state index >= 15 is 0 Å². The molecule has 0 aliphatic rings. The summed E-state index contributed by atoms with van der Waals surface area (Å²) in [6.45, 7) is 4.10. The molecule has 1 amide bonds. The molecule has 1 aromatic carbocycles. The Hall–Kier alpha value is -2.04. The largest absolute Gasteiger partial charge is 0.467 e. The maximum Gasteiger partial charge on any atom is 0.408 e. The molecule has 5 heteroatoms. The zero-order chi connectivity index (χ0) is 15.0. The molecule has 1 rings (SSSR count). The van der Waals surface area contributed by atoms with Gasteiger partial charge in [-0.2, -0.15) is 0 Å². The highest BCUT2D eigenvalue weighted by atomic mass is 16.6. The quantitative estimate of drug-likeness (QED) is 0.813. The molecule has 0 aliphatic heterocycles. The first-order chi connectivity index (χ1) is 9.52. The van der Waals surface area contributed by atoms with Crippen LogP contribution in [0.3, 0.4) is 0 Å². The van der Waals surface area contributed by atoms with Gasteiger partial charge < -0.3 is 14.8 Å². The number of alkyl carbamates (subject to hydrolysis) is 1. The van der Waals surface area contributed by atoms with Gasteiger partial charge in [0.2, 0.25) is 0 Å². The van der Waals surface area contributed by atoms with Crippen molar-refractivity contribution in [3.63, 3.8) is 0 Å². The van der Waals surface area contributed by atoms with Gasteiger partial charge in [0.15, 0.2) is 0 Å². The highest BCUT2D eigenvalue weighted by Crippen LogP contribution is 2.07. The van der Waals surface area contributed by atoms with Crippen LogP contribution < -0.4 is 5.32 Å². The van der Waals surface area contributed by atoms with Crippen molar-refractivity contribution in [1.29, 1.82) is 0 Å². The molecule has 110 valence electrons. The molecule has 1 aromatic rings. The molecule has 0 radical (unpaired) electrons. The normalized spacial score (nSPS) is 11.8. The standard InChI is InChI=1S/C15H21NO4/c1-11(2)9-13(14(17)19-3)16-15(18)20-10-12-7-5-4-6-8-12/h4-8,11,13H,9-10H2,1-3H3,(H,16,18). The van der Waals surface area contributed by atoms with Crippen LogP contribution in [-0.2, 0) is 20.9 Å². The van der Waals surface area contributed by atoms with Crippen molar-refractivity contribution in [2.45, 2.75) is 32.9 Å². The molecule has 0 saturated carbocycles. The predicted molar refractivity (Wildman–Crippen MR) is 75.0 cm³/mol. The Labute approximate surface area is 119 Å². The second kappa shape index (κ2) is 8.19. The van der Waals surface area contributed by atoms with Crippen molar-refractivity contribution in [2.24, 2.45) is 5.92 Å². The number of esters is 1. The van der Waals surface area contributed by atoms with Crippen LogP contribution in [0, 0.1) is 5.92 Å². The van der Waals surface area contributed by atoms with Crippen molar-refractivity contribution < 1.29 is 19.1 Å². The topological polar surface area (TPSA) is 64.6 Å². The fraction of sp³-hybridized carbons (Fsp3) is 0.467. The summed E-state index contributed by atoms with van der Waals surface area (Å²) in [6.07, 6.45) is -0.113. The lowest BCUT2D eigenvalue weighted by atomic mass is 10.0. The first kappa shape index (κ1) is 16.0. The van der Waals surface area contributed by atoms with Gasteiger partial charge in [-0.1, -0.05) is 44.2 Å². The van der Waals surface area contributed by atoms with Crippen LogP contribution in [0.1, 0.15) is 25.8 Å². The fourth-order valence-electron chi connectivity index (χ4n) is 1.73. The molecule has 0 spiro atoms. The Balaban J connectivity index is 2.47. The first-order valence-corrected chi connectivity index (χ1v) is 6.58. The van der Waals surface area contributed by atoms with Gasteiger partial charge in [0.1, 0.15) is 12.6 Å². The lowest BCUT2D eigenvalue weighted by molar-refractivity contribution is -0.143. The Morgan fingerprint density at radius 3 is 2.40 bits per heavy atom. The average molecular weight is 279 g/mol. The Morgan fingerprint density at radius 1 is 1.20 bits per heavy atom. The summed E-state index contributed by atoms with van der Waals surface area (Å²) in [7, 11) is 1.30. The van der Waals surface area contributed by atoms with Crippen LogP contribution >= 0.6 is 0 Å². The van der Waals surface area contributed by atoms with Gasteiger partial charge >= 0.3 is 12.1 Å². The summed E-state index contributed by atoms with van der Waals surface area (Å²) in [5.41, 5.74) is 0.890. The number of methoxy groups -OCH3 is 1. The van der Waals surface area contributed by atoms with Gasteiger partial charge in [-0.15, -0.1) is 0 Å². The van der Waals surface area contributed by atoms with Gasteiger partial charge in [0.25, 0.3) is 0 Å². The summed E-state index contributed by atoms with van der Waals surface area (Å²) in [5, 5.41) is 2.53. The third-order valence-electron chi connectivity index (χ3n) is 2.70. The van der Waals surface area contributed by atoms with Crippen LogP contribution in [0.2, 0.25) is 0 Å². The lowest BCUT2D eigenvalue weighted by Gasteiger charge is -2.18. The van der Waals surface area contributed by atoms with E-state index in [4.69, 9.17) is 4.74 Å². The maximum atomic E-state index is 11.7. The van der Waals surface area contributed by atoms with E-state index in [1.807, 2.05) is 44.2 Å². The van der Waals surface area contributed by atoms with Crippen molar-refractivity contribution in [2.75, 3.05) is 7.11 Å². The van der Waals surface area contributed by atoms with E-state index in [9.17, 15) is 9.59 Å². The number of amides is 1. The summed E-state index contributed by atoms with van der Waals surface area (Å²) < 4.78 is 9.74. The molecule has 1 N–H and O–H groups in total. The highest BCUT2D eigenvalue weighted by Gasteiger charge is 2.23. The molecule has 0 aliphatic carbocycles. The summed E-state index contributed by atoms with van der Waals surface area (Å²) in [6, 6.07) is 8.67. The minimum absolute atomic E-state index is 0.169. The van der Waals surface area contributed by atoms with E-state index in [0.717, 1.165) is 5.56 Å². The van der Waals surface area contributed by atoms with Crippen LogP contribution in [0.4, 0.5) is 4.79 Å². The number of nitrogens with one attached hydrogen (secondary N) is 1. The van der Waals surface area contributed by atoms with E-state index in [0.29, 0.717) is 6.42 Å². The number of hydrogen-bond donors (Lipinski definition) is 1.